The average molecular weight is 300 g/mol. The Balaban J connectivity index is 2.96. The van der Waals surface area contributed by atoms with Gasteiger partial charge < -0.3 is 0 Å². The summed E-state index contributed by atoms with van der Waals surface area (Å²) in [6, 6.07) is 8.14. The van der Waals surface area contributed by atoms with E-state index in [0.29, 0.717) is 11.8 Å². The summed E-state index contributed by atoms with van der Waals surface area (Å²) in [7, 11) is 0. The van der Waals surface area contributed by atoms with Crippen molar-refractivity contribution in [2.75, 3.05) is 11.8 Å². The van der Waals surface area contributed by atoms with Crippen LogP contribution in [0.15, 0.2) is 24.3 Å². The van der Waals surface area contributed by atoms with E-state index >= 15 is 0 Å². The lowest BCUT2D eigenvalue weighted by Gasteiger charge is -2.24. The van der Waals surface area contributed by atoms with Gasteiger partial charge in [-0.25, -0.2) is 0 Å². The van der Waals surface area contributed by atoms with Gasteiger partial charge in [0.25, 0.3) is 0 Å². The van der Waals surface area contributed by atoms with Crippen LogP contribution in [0.4, 0.5) is 0 Å². The van der Waals surface area contributed by atoms with Crippen molar-refractivity contribution in [1.29, 1.82) is 0 Å². The molecule has 0 radical (unpaired) electrons. The molecule has 0 N–H and O–H groups in total. The fourth-order valence-electron chi connectivity index (χ4n) is 1.62. The molecule has 0 amide bonds. The molecule has 1 aromatic rings. The van der Waals surface area contributed by atoms with Gasteiger partial charge in [0, 0.05) is 17.7 Å². The molecule has 2 unspecified atom stereocenters. The lowest BCUT2D eigenvalue weighted by Crippen LogP contribution is -2.25. The van der Waals surface area contributed by atoms with Crippen LogP contribution in [-0.2, 0) is 0 Å². The molecule has 0 aliphatic heterocycles. The third-order valence-corrected chi connectivity index (χ3v) is 4.37. The molecule has 0 bridgehead atoms. The number of hydrogen-bond donors (Lipinski definition) is 0. The first-order chi connectivity index (χ1) is 7.60. The van der Waals surface area contributed by atoms with Crippen LogP contribution in [0.2, 0.25) is 0 Å². The molecule has 0 saturated heterocycles. The lowest BCUT2D eigenvalue weighted by atomic mass is 9.92. The molecule has 0 aliphatic carbocycles. The summed E-state index contributed by atoms with van der Waals surface area (Å²) < 4.78 is 0. The molecule has 0 aliphatic rings. The third-order valence-electron chi connectivity index (χ3n) is 2.54. The zero-order chi connectivity index (χ0) is 12.1. The summed E-state index contributed by atoms with van der Waals surface area (Å²) in [6.45, 7) is 2.04. The number of rotatable bonds is 5. The first kappa shape index (κ1) is 14.4. The van der Waals surface area contributed by atoms with Crippen molar-refractivity contribution in [3.63, 3.8) is 0 Å². The minimum absolute atomic E-state index is 0.0149. The molecule has 0 nitrogen and oxygen atoms in total. The van der Waals surface area contributed by atoms with Gasteiger partial charge in [0.15, 0.2) is 0 Å². The fraction of sp³-hybridized carbons (Fsp3) is 0.500. The Bertz CT molecular complexity index is 299. The maximum absolute atomic E-state index is 6.20. The van der Waals surface area contributed by atoms with Gasteiger partial charge in [-0.2, -0.15) is 0 Å². The number of alkyl halides is 4. The molecule has 0 heterocycles. The van der Waals surface area contributed by atoms with Crippen LogP contribution < -0.4 is 0 Å². The van der Waals surface area contributed by atoms with E-state index in [1.54, 1.807) is 0 Å². The summed E-state index contributed by atoms with van der Waals surface area (Å²) >= 11 is 24.0. The molecule has 4 heteroatoms. The van der Waals surface area contributed by atoms with Crippen molar-refractivity contribution in [2.45, 2.75) is 23.6 Å². The van der Waals surface area contributed by atoms with E-state index in [1.807, 2.05) is 31.2 Å². The van der Waals surface area contributed by atoms with Gasteiger partial charge >= 0.3 is 0 Å². The van der Waals surface area contributed by atoms with Gasteiger partial charge in [0.05, 0.1) is 10.8 Å². The minimum atomic E-state index is -0.203. The van der Waals surface area contributed by atoms with Crippen LogP contribution in [0.3, 0.4) is 0 Å². The van der Waals surface area contributed by atoms with Crippen LogP contribution in [0.25, 0.3) is 0 Å². The van der Waals surface area contributed by atoms with Crippen molar-refractivity contribution in [1.82, 2.24) is 0 Å². The molecule has 16 heavy (non-hydrogen) atoms. The normalized spacial score (nSPS) is 16.8. The summed E-state index contributed by atoms with van der Waals surface area (Å²) in [5, 5.41) is -0.406. The molecule has 1 rings (SSSR count). The number of halogens is 4. The third kappa shape index (κ3) is 3.70. The monoisotopic (exact) mass is 298 g/mol. The summed E-state index contributed by atoms with van der Waals surface area (Å²) in [5.74, 6) is 0.708. The fourth-order valence-corrected chi connectivity index (χ4v) is 2.73. The van der Waals surface area contributed by atoms with Gasteiger partial charge in [-0.1, -0.05) is 29.8 Å². The standard InChI is InChI=1S/C12H14Cl4/c1-8-2-4-9(5-3-8)12(10(15)6-13)11(16)7-14/h2-5,10-12H,6-7H2,1H3. The molecule has 0 spiro atoms. The Morgan fingerprint density at radius 3 is 1.75 bits per heavy atom. The Labute approximate surface area is 117 Å². The first-order valence-electron chi connectivity index (χ1n) is 5.06. The highest BCUT2D eigenvalue weighted by molar-refractivity contribution is 6.31. The van der Waals surface area contributed by atoms with Gasteiger partial charge in [-0.15, -0.1) is 46.4 Å². The Kier molecular flexibility index (Phi) is 6.28. The Hall–Kier alpha value is 0.380. The van der Waals surface area contributed by atoms with E-state index in [2.05, 4.69) is 0 Å². The molecule has 90 valence electrons. The van der Waals surface area contributed by atoms with Gasteiger partial charge in [-0.05, 0) is 12.5 Å². The second kappa shape index (κ2) is 6.96. The highest BCUT2D eigenvalue weighted by Crippen LogP contribution is 2.32. The zero-order valence-electron chi connectivity index (χ0n) is 8.97. The van der Waals surface area contributed by atoms with E-state index in [1.165, 1.54) is 5.56 Å². The molecule has 2 atom stereocenters. The molecule has 1 aromatic carbocycles. The SMILES string of the molecule is Cc1ccc(C(C(Cl)CCl)C(Cl)CCl)cc1. The Morgan fingerprint density at radius 2 is 1.38 bits per heavy atom. The minimum Gasteiger partial charge on any atom is -0.125 e. The van der Waals surface area contributed by atoms with Crippen molar-refractivity contribution in [3.05, 3.63) is 35.4 Å². The van der Waals surface area contributed by atoms with E-state index < -0.39 is 0 Å². The van der Waals surface area contributed by atoms with Crippen LogP contribution in [0, 0.1) is 6.92 Å². The average Bonchev–Trinajstić information content (AvgIpc) is 2.31. The van der Waals surface area contributed by atoms with Crippen LogP contribution in [0.5, 0.6) is 0 Å². The van der Waals surface area contributed by atoms with Crippen molar-refractivity contribution in [2.24, 2.45) is 0 Å². The lowest BCUT2D eigenvalue weighted by molar-refractivity contribution is 0.663. The molecule has 0 aromatic heterocycles. The van der Waals surface area contributed by atoms with Crippen molar-refractivity contribution >= 4 is 46.4 Å². The number of hydrogen-bond acceptors (Lipinski definition) is 0. The second-order valence-corrected chi connectivity index (χ2v) is 5.52. The van der Waals surface area contributed by atoms with Crippen LogP contribution in [0.1, 0.15) is 17.0 Å². The molecular formula is C12H14Cl4. The zero-order valence-corrected chi connectivity index (χ0v) is 12.0. The molecule has 0 fully saturated rings. The Morgan fingerprint density at radius 1 is 0.938 bits per heavy atom. The summed E-state index contributed by atoms with van der Waals surface area (Å²) in [4.78, 5) is 0. The summed E-state index contributed by atoms with van der Waals surface area (Å²) in [6.07, 6.45) is 0. The van der Waals surface area contributed by atoms with Gasteiger partial charge in [0.1, 0.15) is 0 Å². The van der Waals surface area contributed by atoms with E-state index in [4.69, 9.17) is 46.4 Å². The first-order valence-corrected chi connectivity index (χ1v) is 7.01. The van der Waals surface area contributed by atoms with E-state index in [-0.39, 0.29) is 16.7 Å². The molecular weight excluding hydrogens is 286 g/mol. The van der Waals surface area contributed by atoms with Gasteiger partial charge in [0.2, 0.25) is 0 Å². The highest BCUT2D eigenvalue weighted by atomic mass is 35.5. The van der Waals surface area contributed by atoms with Crippen molar-refractivity contribution < 1.29 is 0 Å². The molecule has 0 saturated carbocycles. The maximum Gasteiger partial charge on any atom is 0.0554 e. The van der Waals surface area contributed by atoms with Crippen LogP contribution >= 0.6 is 46.4 Å². The smallest absolute Gasteiger partial charge is 0.0554 e. The highest BCUT2D eigenvalue weighted by Gasteiger charge is 2.27. The second-order valence-electron chi connectivity index (χ2n) is 3.78. The number of aryl methyl sites for hydroxylation is 1. The van der Waals surface area contributed by atoms with E-state index in [0.717, 1.165) is 5.56 Å². The van der Waals surface area contributed by atoms with Crippen molar-refractivity contribution in [3.8, 4) is 0 Å². The van der Waals surface area contributed by atoms with Gasteiger partial charge in [-0.3, -0.25) is 0 Å². The largest absolute Gasteiger partial charge is 0.125 e. The topological polar surface area (TPSA) is 0 Å². The quantitative estimate of drug-likeness (QED) is 0.687. The maximum atomic E-state index is 6.20. The summed E-state index contributed by atoms with van der Waals surface area (Å²) in [5.41, 5.74) is 2.29. The number of benzene rings is 1. The van der Waals surface area contributed by atoms with E-state index in [9.17, 15) is 0 Å². The predicted molar refractivity (Wildman–Crippen MR) is 74.6 cm³/mol. The van der Waals surface area contributed by atoms with Crippen LogP contribution in [-0.4, -0.2) is 22.5 Å². The predicted octanol–water partition coefficient (Wildman–Crippen LogP) is 4.77.